The van der Waals surface area contributed by atoms with E-state index in [4.69, 9.17) is 10.5 Å². The molecule has 4 rings (SSSR count). The largest absolute Gasteiger partial charge is 0.478 e. The molecule has 2 aromatic carbocycles. The van der Waals surface area contributed by atoms with Gasteiger partial charge in [-0.2, -0.15) is 0 Å². The number of carboxylic acids is 1. The summed E-state index contributed by atoms with van der Waals surface area (Å²) < 4.78 is 1.39. The van der Waals surface area contributed by atoms with Gasteiger partial charge in [0.05, 0.1) is 11.1 Å². The van der Waals surface area contributed by atoms with Crippen molar-refractivity contribution in [3.8, 4) is 5.69 Å². The van der Waals surface area contributed by atoms with Crippen molar-refractivity contribution in [3.63, 3.8) is 0 Å². The first-order chi connectivity index (χ1) is 12.5. The molecule has 0 radical (unpaired) electrons. The minimum atomic E-state index is -1.09. The van der Waals surface area contributed by atoms with Gasteiger partial charge in [-0.15, -0.1) is 0 Å². The molecule has 0 atom stereocenters. The number of nitrogens with one attached hydrogen (secondary N) is 1. The van der Waals surface area contributed by atoms with Crippen LogP contribution in [0.4, 0.5) is 0 Å². The highest BCUT2D eigenvalue weighted by molar-refractivity contribution is 6.28. The van der Waals surface area contributed by atoms with Gasteiger partial charge in [-0.05, 0) is 24.3 Å². The van der Waals surface area contributed by atoms with Crippen molar-refractivity contribution < 1.29 is 19.5 Å². The van der Waals surface area contributed by atoms with Gasteiger partial charge in [0.15, 0.2) is 11.6 Å². The van der Waals surface area contributed by atoms with Gasteiger partial charge in [0.2, 0.25) is 0 Å². The maximum Gasteiger partial charge on any atom is 0.335 e. The number of aromatic carboxylic acids is 1. The van der Waals surface area contributed by atoms with Crippen molar-refractivity contribution >= 4 is 17.5 Å². The molecule has 6 nitrogen and oxygen atoms in total. The predicted molar refractivity (Wildman–Crippen MR) is 91.9 cm³/mol. The third kappa shape index (κ3) is 2.28. The summed E-state index contributed by atoms with van der Waals surface area (Å²) in [6, 6.07) is 14.0. The molecule has 0 bridgehead atoms. The van der Waals surface area contributed by atoms with Crippen LogP contribution in [0.1, 0.15) is 42.2 Å². The molecule has 1 heterocycles. The monoisotopic (exact) mass is 344 g/mol. The van der Waals surface area contributed by atoms with E-state index in [9.17, 15) is 14.4 Å². The third-order valence-corrected chi connectivity index (χ3v) is 4.37. The van der Waals surface area contributed by atoms with Gasteiger partial charge in [-0.3, -0.25) is 15.0 Å². The SMILES string of the molecule is N=c1cc2c(cn1-c1cccc(C(=O)O)c1)C(=O)c1ccccc1C2=O. The van der Waals surface area contributed by atoms with E-state index in [0.29, 0.717) is 16.8 Å². The topological polar surface area (TPSA) is 100 Å². The Morgan fingerprint density at radius 2 is 1.50 bits per heavy atom. The zero-order valence-corrected chi connectivity index (χ0v) is 13.4. The van der Waals surface area contributed by atoms with E-state index in [1.165, 1.54) is 29.0 Å². The average molecular weight is 344 g/mol. The van der Waals surface area contributed by atoms with Crippen LogP contribution in [-0.4, -0.2) is 27.2 Å². The van der Waals surface area contributed by atoms with Crippen LogP contribution in [0.3, 0.4) is 0 Å². The molecule has 0 aliphatic heterocycles. The zero-order valence-electron chi connectivity index (χ0n) is 13.4. The summed E-state index contributed by atoms with van der Waals surface area (Å²) in [5.74, 6) is -1.68. The Morgan fingerprint density at radius 1 is 0.846 bits per heavy atom. The molecule has 6 heteroatoms. The number of fused-ring (bicyclic) bond motifs is 2. The number of hydrogen-bond acceptors (Lipinski definition) is 4. The van der Waals surface area contributed by atoms with E-state index in [1.54, 1.807) is 36.4 Å². The zero-order chi connectivity index (χ0) is 18.4. The number of carbonyl (C=O) groups excluding carboxylic acids is 2. The molecule has 0 saturated carbocycles. The normalized spacial score (nSPS) is 12.5. The smallest absolute Gasteiger partial charge is 0.335 e. The van der Waals surface area contributed by atoms with Gasteiger partial charge in [-0.25, -0.2) is 4.79 Å². The first kappa shape index (κ1) is 15.7. The molecule has 1 aliphatic rings. The second kappa shape index (κ2) is 5.63. The highest BCUT2D eigenvalue weighted by Gasteiger charge is 2.30. The lowest BCUT2D eigenvalue weighted by Gasteiger charge is -2.19. The molecule has 26 heavy (non-hydrogen) atoms. The van der Waals surface area contributed by atoms with Crippen LogP contribution in [0.15, 0.2) is 60.8 Å². The molecule has 0 unspecified atom stereocenters. The maximum absolute atomic E-state index is 12.8. The molecular weight excluding hydrogens is 332 g/mol. The first-order valence-corrected chi connectivity index (χ1v) is 7.81. The number of carbonyl (C=O) groups is 3. The minimum Gasteiger partial charge on any atom is -0.478 e. The van der Waals surface area contributed by atoms with Crippen LogP contribution < -0.4 is 5.49 Å². The van der Waals surface area contributed by atoms with E-state index in [1.807, 2.05) is 0 Å². The standard InChI is InChI=1S/C20H12N2O4/c21-17-9-15-16(19(24)14-7-2-1-6-13(14)18(15)23)10-22(17)12-5-3-4-11(8-12)20(25)26/h1-10,21H,(H,25,26). The lowest BCUT2D eigenvalue weighted by molar-refractivity contribution is 0.0696. The number of carboxylic acid groups (broad SMARTS) is 1. The Kier molecular flexibility index (Phi) is 3.40. The fourth-order valence-electron chi connectivity index (χ4n) is 3.09. The maximum atomic E-state index is 12.8. The van der Waals surface area contributed by atoms with Crippen LogP contribution in [0, 0.1) is 5.41 Å². The summed E-state index contributed by atoms with van der Waals surface area (Å²) in [5.41, 5.74) is 1.52. The fraction of sp³-hybridized carbons (Fsp3) is 0. The van der Waals surface area contributed by atoms with E-state index < -0.39 is 5.97 Å². The van der Waals surface area contributed by atoms with Crippen molar-refractivity contribution in [2.24, 2.45) is 0 Å². The van der Waals surface area contributed by atoms with Crippen LogP contribution >= 0.6 is 0 Å². The second-order valence-electron chi connectivity index (χ2n) is 5.92. The lowest BCUT2D eigenvalue weighted by atomic mass is 9.85. The van der Waals surface area contributed by atoms with Gasteiger partial charge in [0.25, 0.3) is 0 Å². The van der Waals surface area contributed by atoms with Crippen LogP contribution in [0.2, 0.25) is 0 Å². The molecule has 0 fully saturated rings. The van der Waals surface area contributed by atoms with Gasteiger partial charge in [0, 0.05) is 28.6 Å². The average Bonchev–Trinajstić information content (AvgIpc) is 2.66. The Balaban J connectivity index is 1.93. The highest BCUT2D eigenvalue weighted by atomic mass is 16.4. The molecule has 0 saturated heterocycles. The molecule has 2 N–H and O–H groups in total. The Bertz CT molecular complexity index is 1170. The fourth-order valence-corrected chi connectivity index (χ4v) is 3.09. The van der Waals surface area contributed by atoms with Gasteiger partial charge >= 0.3 is 5.97 Å². The number of aromatic nitrogens is 1. The quantitative estimate of drug-likeness (QED) is 0.583. The molecule has 1 aromatic heterocycles. The summed E-state index contributed by atoms with van der Waals surface area (Å²) >= 11 is 0. The molecule has 0 spiro atoms. The number of benzene rings is 2. The summed E-state index contributed by atoms with van der Waals surface area (Å²) in [7, 11) is 0. The van der Waals surface area contributed by atoms with Crippen LogP contribution in [0.25, 0.3) is 5.69 Å². The molecule has 126 valence electrons. The minimum absolute atomic E-state index is 0.0215. The molecule has 1 aliphatic carbocycles. The highest BCUT2D eigenvalue weighted by Crippen LogP contribution is 2.26. The summed E-state index contributed by atoms with van der Waals surface area (Å²) in [5, 5.41) is 17.4. The van der Waals surface area contributed by atoms with Gasteiger partial charge in [0.1, 0.15) is 5.49 Å². The van der Waals surface area contributed by atoms with E-state index >= 15 is 0 Å². The summed E-state index contributed by atoms with van der Waals surface area (Å²) in [6.45, 7) is 0. The summed E-state index contributed by atoms with van der Waals surface area (Å²) in [6.07, 6.45) is 1.43. The van der Waals surface area contributed by atoms with E-state index in [0.717, 1.165) is 0 Å². The van der Waals surface area contributed by atoms with Crippen molar-refractivity contribution in [1.29, 1.82) is 5.41 Å². The number of ketones is 2. The number of hydrogen-bond donors (Lipinski definition) is 2. The molecule has 0 amide bonds. The first-order valence-electron chi connectivity index (χ1n) is 7.81. The lowest BCUT2D eigenvalue weighted by Crippen LogP contribution is -2.27. The predicted octanol–water partition coefficient (Wildman–Crippen LogP) is 2.43. The molecule has 3 aromatic rings. The van der Waals surface area contributed by atoms with Gasteiger partial charge in [-0.1, -0.05) is 30.3 Å². The van der Waals surface area contributed by atoms with Crippen molar-refractivity contribution in [2.45, 2.75) is 0 Å². The third-order valence-electron chi connectivity index (χ3n) is 4.37. The second-order valence-corrected chi connectivity index (χ2v) is 5.92. The van der Waals surface area contributed by atoms with E-state index in [2.05, 4.69) is 0 Å². The van der Waals surface area contributed by atoms with Gasteiger partial charge < -0.3 is 9.67 Å². The summed E-state index contributed by atoms with van der Waals surface area (Å²) in [4.78, 5) is 36.7. The van der Waals surface area contributed by atoms with Crippen molar-refractivity contribution in [2.75, 3.05) is 0 Å². The van der Waals surface area contributed by atoms with E-state index in [-0.39, 0.29) is 33.7 Å². The Labute approximate surface area is 147 Å². The van der Waals surface area contributed by atoms with Crippen molar-refractivity contribution in [1.82, 2.24) is 4.57 Å². The number of rotatable bonds is 2. The van der Waals surface area contributed by atoms with Crippen LogP contribution in [-0.2, 0) is 0 Å². The Hall–Kier alpha value is -3.80. The number of nitrogens with zero attached hydrogens (tertiary/aromatic N) is 1. The Morgan fingerprint density at radius 3 is 2.15 bits per heavy atom. The van der Waals surface area contributed by atoms with Crippen molar-refractivity contribution in [3.05, 3.63) is 94.1 Å². The molecular formula is C20H12N2O4. The van der Waals surface area contributed by atoms with Crippen LogP contribution in [0.5, 0.6) is 0 Å². The number of pyridine rings is 1.